The molecule has 0 saturated carbocycles. The number of rotatable bonds is 9. The van der Waals surface area contributed by atoms with Gasteiger partial charge in [-0.05, 0) is 37.1 Å². The molecule has 2 atom stereocenters. The molecule has 0 bridgehead atoms. The monoisotopic (exact) mass is 357 g/mol. The molecule has 0 radical (unpaired) electrons. The molecule has 2 aromatic rings. The van der Waals surface area contributed by atoms with E-state index in [0.29, 0.717) is 24.3 Å². The highest BCUT2D eigenvalue weighted by Gasteiger charge is 2.25. The summed E-state index contributed by atoms with van der Waals surface area (Å²) < 4.78 is 10.6. The zero-order valence-electron chi connectivity index (χ0n) is 14.9. The second-order valence-corrected chi connectivity index (χ2v) is 5.56. The largest absolute Gasteiger partial charge is 0.425 e. The maximum absolute atomic E-state index is 12.2. The van der Waals surface area contributed by atoms with E-state index in [0.717, 1.165) is 0 Å². The summed E-state index contributed by atoms with van der Waals surface area (Å²) in [6.07, 6.45) is -0.00708. The van der Waals surface area contributed by atoms with E-state index in [1.54, 1.807) is 55.5 Å². The van der Waals surface area contributed by atoms with Crippen LogP contribution in [0, 0.1) is 0 Å². The highest BCUT2D eigenvalue weighted by atomic mass is 16.7. The Balaban J connectivity index is 1.88. The van der Waals surface area contributed by atoms with Crippen LogP contribution in [0.1, 0.15) is 26.7 Å². The van der Waals surface area contributed by atoms with Gasteiger partial charge in [-0.3, -0.25) is 4.84 Å². The molecule has 0 aliphatic heterocycles. The molecule has 0 aliphatic carbocycles. The molecule has 2 unspecified atom stereocenters. The summed E-state index contributed by atoms with van der Waals surface area (Å²) in [5, 5.41) is 0. The number of nitrogens with one attached hydrogen (secondary N) is 1. The van der Waals surface area contributed by atoms with Crippen molar-refractivity contribution in [2.75, 3.05) is 0 Å². The van der Waals surface area contributed by atoms with E-state index in [1.807, 2.05) is 19.1 Å². The summed E-state index contributed by atoms with van der Waals surface area (Å²) in [6, 6.07) is 16.8. The third-order valence-electron chi connectivity index (χ3n) is 3.60. The van der Waals surface area contributed by atoms with Gasteiger partial charge in [0.1, 0.15) is 17.5 Å². The van der Waals surface area contributed by atoms with Gasteiger partial charge >= 0.3 is 11.9 Å². The minimum atomic E-state index is -0.839. The first kappa shape index (κ1) is 19.6. The maximum atomic E-state index is 12.2. The van der Waals surface area contributed by atoms with Gasteiger partial charge in [-0.15, -0.1) is 0 Å². The van der Waals surface area contributed by atoms with Crippen molar-refractivity contribution in [1.82, 2.24) is 5.48 Å². The van der Waals surface area contributed by atoms with E-state index < -0.39 is 24.1 Å². The molecule has 1 N–H and O–H groups in total. The summed E-state index contributed by atoms with van der Waals surface area (Å²) in [4.78, 5) is 29.8. The molecule has 0 spiro atoms. The average Bonchev–Trinajstić information content (AvgIpc) is 2.66. The topological polar surface area (TPSA) is 73.9 Å². The minimum absolute atomic E-state index is 0.392. The third-order valence-corrected chi connectivity index (χ3v) is 3.60. The van der Waals surface area contributed by atoms with E-state index in [9.17, 15) is 9.59 Å². The fourth-order valence-corrected chi connectivity index (χ4v) is 2.11. The molecule has 2 rings (SSSR count). The lowest BCUT2D eigenvalue weighted by Gasteiger charge is -2.19. The highest BCUT2D eigenvalue weighted by Crippen LogP contribution is 2.12. The first-order valence-electron chi connectivity index (χ1n) is 8.58. The highest BCUT2D eigenvalue weighted by molar-refractivity contribution is 5.78. The van der Waals surface area contributed by atoms with Gasteiger partial charge in [0.25, 0.3) is 0 Å². The second-order valence-electron chi connectivity index (χ2n) is 5.56. The average molecular weight is 357 g/mol. The van der Waals surface area contributed by atoms with Crippen molar-refractivity contribution < 1.29 is 23.9 Å². The third kappa shape index (κ3) is 5.98. The molecule has 0 saturated heterocycles. The Labute approximate surface area is 153 Å². The molecular weight excluding hydrogens is 334 g/mol. The molecular formula is C20H23NO5. The second kappa shape index (κ2) is 10.3. The molecule has 0 amide bonds. The van der Waals surface area contributed by atoms with Crippen LogP contribution in [0.4, 0.5) is 0 Å². The van der Waals surface area contributed by atoms with Gasteiger partial charge in [-0.25, -0.2) is 9.59 Å². The normalized spacial score (nSPS) is 12.8. The summed E-state index contributed by atoms with van der Waals surface area (Å²) in [6.45, 7) is 3.61. The van der Waals surface area contributed by atoms with Crippen LogP contribution in [0.5, 0.6) is 11.5 Å². The lowest BCUT2D eigenvalue weighted by atomic mass is 10.2. The van der Waals surface area contributed by atoms with Gasteiger partial charge in [0.05, 0.1) is 0 Å². The zero-order chi connectivity index (χ0) is 18.8. The molecule has 0 heterocycles. The van der Waals surface area contributed by atoms with Crippen molar-refractivity contribution in [2.24, 2.45) is 0 Å². The maximum Gasteiger partial charge on any atom is 0.342 e. The fraction of sp³-hybridized carbons (Fsp3) is 0.300. The Bertz CT molecular complexity index is 628. The van der Waals surface area contributed by atoms with Crippen LogP contribution in [0.15, 0.2) is 60.7 Å². The Kier molecular flexibility index (Phi) is 7.79. The van der Waals surface area contributed by atoms with E-state index in [1.165, 1.54) is 0 Å². The number of ether oxygens (including phenoxy) is 2. The van der Waals surface area contributed by atoms with Crippen molar-refractivity contribution >= 4 is 11.9 Å². The van der Waals surface area contributed by atoms with Crippen molar-refractivity contribution in [3.05, 3.63) is 60.7 Å². The summed E-state index contributed by atoms with van der Waals surface area (Å²) in [7, 11) is 0. The van der Waals surface area contributed by atoms with Gasteiger partial charge < -0.3 is 9.47 Å². The van der Waals surface area contributed by atoms with Crippen LogP contribution < -0.4 is 15.0 Å². The first-order valence-corrected chi connectivity index (χ1v) is 8.58. The number of hydrogen-bond donors (Lipinski definition) is 1. The molecule has 26 heavy (non-hydrogen) atoms. The molecule has 6 heteroatoms. The van der Waals surface area contributed by atoms with Crippen LogP contribution in [-0.4, -0.2) is 24.1 Å². The number of carbonyl (C=O) groups excluding carboxylic acids is 2. The van der Waals surface area contributed by atoms with Gasteiger partial charge in [0.2, 0.25) is 0 Å². The predicted molar refractivity (Wildman–Crippen MR) is 96.5 cm³/mol. The molecule has 6 nitrogen and oxygen atoms in total. The summed E-state index contributed by atoms with van der Waals surface area (Å²) in [5.74, 6) is -0.120. The predicted octanol–water partition coefficient (Wildman–Crippen LogP) is 3.28. The minimum Gasteiger partial charge on any atom is -0.425 e. The van der Waals surface area contributed by atoms with Crippen molar-refractivity contribution in [2.45, 2.75) is 38.8 Å². The van der Waals surface area contributed by atoms with Crippen molar-refractivity contribution in [3.8, 4) is 11.5 Å². The quantitative estimate of drug-likeness (QED) is 0.422. The van der Waals surface area contributed by atoms with E-state index in [2.05, 4.69) is 5.48 Å². The zero-order valence-corrected chi connectivity index (χ0v) is 14.9. The first-order chi connectivity index (χ1) is 12.6. The standard InChI is InChI=1S/C20H23NO5/c1-3-17(19(22)24-15-11-7-5-8-12-15)21-26-18(4-2)20(23)25-16-13-9-6-10-14-16/h5-14,17-18,21H,3-4H2,1-2H3. The van der Waals surface area contributed by atoms with Crippen LogP contribution in [0.2, 0.25) is 0 Å². The number of hydroxylamine groups is 1. The lowest BCUT2D eigenvalue weighted by molar-refractivity contribution is -0.160. The molecule has 2 aromatic carbocycles. The number of carbonyl (C=O) groups is 2. The van der Waals surface area contributed by atoms with Gasteiger partial charge in [-0.2, -0.15) is 5.48 Å². The Morgan fingerprint density at radius 1 is 0.808 bits per heavy atom. The molecule has 0 aromatic heterocycles. The van der Waals surface area contributed by atoms with E-state index in [4.69, 9.17) is 14.3 Å². The van der Waals surface area contributed by atoms with Gasteiger partial charge in [-0.1, -0.05) is 50.2 Å². The summed E-state index contributed by atoms with van der Waals surface area (Å²) >= 11 is 0. The number of benzene rings is 2. The Morgan fingerprint density at radius 3 is 1.77 bits per heavy atom. The van der Waals surface area contributed by atoms with Crippen LogP contribution in [-0.2, 0) is 14.4 Å². The molecule has 0 fully saturated rings. The number of para-hydroxylation sites is 2. The van der Waals surface area contributed by atoms with E-state index in [-0.39, 0.29) is 0 Å². The van der Waals surface area contributed by atoms with Crippen molar-refractivity contribution in [3.63, 3.8) is 0 Å². The molecule has 138 valence electrons. The number of esters is 2. The van der Waals surface area contributed by atoms with Gasteiger partial charge in [0.15, 0.2) is 6.10 Å². The SMILES string of the molecule is CCC(NOC(CC)C(=O)Oc1ccccc1)C(=O)Oc1ccccc1. The number of hydrogen-bond acceptors (Lipinski definition) is 6. The lowest BCUT2D eigenvalue weighted by Crippen LogP contribution is -2.43. The smallest absolute Gasteiger partial charge is 0.342 e. The Morgan fingerprint density at radius 2 is 1.31 bits per heavy atom. The van der Waals surface area contributed by atoms with Crippen LogP contribution >= 0.6 is 0 Å². The Hall–Kier alpha value is -2.70. The van der Waals surface area contributed by atoms with Crippen molar-refractivity contribution in [1.29, 1.82) is 0 Å². The van der Waals surface area contributed by atoms with Crippen LogP contribution in [0.25, 0.3) is 0 Å². The van der Waals surface area contributed by atoms with E-state index >= 15 is 0 Å². The van der Waals surface area contributed by atoms with Crippen LogP contribution in [0.3, 0.4) is 0 Å². The molecule has 0 aliphatic rings. The van der Waals surface area contributed by atoms with Gasteiger partial charge in [0, 0.05) is 0 Å². The fourth-order valence-electron chi connectivity index (χ4n) is 2.11. The summed E-state index contributed by atoms with van der Waals surface area (Å²) in [5.41, 5.74) is 2.63.